The molecule has 0 saturated carbocycles. The van der Waals surface area contributed by atoms with Crippen LogP contribution in [0.15, 0.2) is 34.5 Å². The minimum Gasteiger partial charge on any atom is -0.490 e. The van der Waals surface area contributed by atoms with Gasteiger partial charge in [-0.1, -0.05) is 15.9 Å². The first-order valence-electron chi connectivity index (χ1n) is 5.01. The van der Waals surface area contributed by atoms with E-state index in [0.29, 0.717) is 17.9 Å². The fourth-order valence-corrected chi connectivity index (χ4v) is 2.46. The highest BCUT2D eigenvalue weighted by Crippen LogP contribution is 2.23. The van der Waals surface area contributed by atoms with E-state index in [9.17, 15) is 4.79 Å². The summed E-state index contributed by atoms with van der Waals surface area (Å²) in [6, 6.07) is 5.68. The molecule has 2 nitrogen and oxygen atoms in total. The molecule has 84 valence electrons. The first-order valence-corrected chi connectivity index (χ1v) is 6.88. The van der Waals surface area contributed by atoms with Crippen LogP contribution >= 0.6 is 38.5 Å². The second-order valence-corrected chi connectivity index (χ2v) is 5.59. The van der Waals surface area contributed by atoms with Crippen LogP contribution < -0.4 is 0 Å². The maximum absolute atomic E-state index is 12.2. The summed E-state index contributed by atoms with van der Waals surface area (Å²) in [5.74, 6) is 0.465. The maximum Gasteiger partial charge on any atom is 0.228 e. The van der Waals surface area contributed by atoms with E-state index in [1.807, 2.05) is 24.3 Å². The number of allylic oxidation sites excluding steroid dienone is 2. The monoisotopic (exact) mass is 392 g/mol. The molecule has 0 amide bonds. The van der Waals surface area contributed by atoms with Gasteiger partial charge < -0.3 is 4.74 Å². The van der Waals surface area contributed by atoms with Crippen LogP contribution in [-0.2, 0) is 4.74 Å². The Kier molecular flexibility index (Phi) is 4.02. The zero-order chi connectivity index (χ0) is 11.5. The molecule has 1 heterocycles. The minimum atomic E-state index is -0.0228. The molecule has 0 bridgehead atoms. The number of ketones is 1. The number of carbonyl (C=O) groups is 1. The highest BCUT2D eigenvalue weighted by atomic mass is 127. The van der Waals surface area contributed by atoms with E-state index in [1.54, 1.807) is 0 Å². The molecular formula is C12H10BrIO2. The molecule has 0 atom stereocenters. The summed E-state index contributed by atoms with van der Waals surface area (Å²) >= 11 is 5.54. The number of hydrogen-bond donors (Lipinski definition) is 0. The molecule has 0 aromatic heterocycles. The zero-order valence-electron chi connectivity index (χ0n) is 8.50. The van der Waals surface area contributed by atoms with Crippen molar-refractivity contribution in [1.29, 1.82) is 0 Å². The Bertz CT molecular complexity index is 454. The second-order valence-electron chi connectivity index (χ2n) is 3.51. The van der Waals surface area contributed by atoms with Crippen molar-refractivity contribution in [2.24, 2.45) is 0 Å². The topological polar surface area (TPSA) is 26.3 Å². The van der Waals surface area contributed by atoms with Gasteiger partial charge in [-0.3, -0.25) is 4.79 Å². The highest BCUT2D eigenvalue weighted by molar-refractivity contribution is 14.1. The van der Waals surface area contributed by atoms with Gasteiger partial charge in [0.15, 0.2) is 5.76 Å². The summed E-state index contributed by atoms with van der Waals surface area (Å²) in [6.07, 6.45) is 3.79. The third kappa shape index (κ3) is 2.66. The van der Waals surface area contributed by atoms with Gasteiger partial charge in [0.1, 0.15) is 0 Å². The van der Waals surface area contributed by atoms with Gasteiger partial charge in [0.2, 0.25) is 5.78 Å². The Morgan fingerprint density at radius 1 is 1.44 bits per heavy atom. The molecule has 0 radical (unpaired) electrons. The van der Waals surface area contributed by atoms with Crippen molar-refractivity contribution in [2.75, 3.05) is 6.61 Å². The van der Waals surface area contributed by atoms with E-state index in [1.165, 1.54) is 0 Å². The largest absolute Gasteiger partial charge is 0.490 e. The lowest BCUT2D eigenvalue weighted by Crippen LogP contribution is -2.12. The molecule has 0 saturated heterocycles. The Morgan fingerprint density at radius 3 is 2.94 bits per heavy atom. The number of Topliss-reactive ketones (excluding diaryl/α,β-unsaturated/α-hetero) is 1. The molecule has 2 rings (SSSR count). The van der Waals surface area contributed by atoms with Crippen molar-refractivity contribution in [3.8, 4) is 0 Å². The predicted molar refractivity (Wildman–Crippen MR) is 74.5 cm³/mol. The Morgan fingerprint density at radius 2 is 2.25 bits per heavy atom. The van der Waals surface area contributed by atoms with Crippen molar-refractivity contribution < 1.29 is 9.53 Å². The molecule has 0 aliphatic carbocycles. The molecule has 4 heteroatoms. The minimum absolute atomic E-state index is 0.0228. The van der Waals surface area contributed by atoms with Gasteiger partial charge in [0.25, 0.3) is 0 Å². The smallest absolute Gasteiger partial charge is 0.228 e. The van der Waals surface area contributed by atoms with E-state index < -0.39 is 0 Å². The van der Waals surface area contributed by atoms with Gasteiger partial charge in [0.05, 0.1) is 6.61 Å². The first kappa shape index (κ1) is 12.1. The fraction of sp³-hybridized carbons (Fsp3) is 0.250. The molecule has 1 aliphatic heterocycles. The average Bonchev–Trinajstić information content (AvgIpc) is 2.32. The van der Waals surface area contributed by atoms with Crippen LogP contribution in [0.2, 0.25) is 0 Å². The van der Waals surface area contributed by atoms with Crippen molar-refractivity contribution in [3.63, 3.8) is 0 Å². The molecule has 1 aromatic rings. The van der Waals surface area contributed by atoms with Crippen molar-refractivity contribution in [3.05, 3.63) is 43.6 Å². The van der Waals surface area contributed by atoms with Gasteiger partial charge in [0, 0.05) is 13.6 Å². The van der Waals surface area contributed by atoms with Crippen LogP contribution in [0.1, 0.15) is 23.2 Å². The van der Waals surface area contributed by atoms with Crippen LogP contribution in [0.3, 0.4) is 0 Å². The Labute approximate surface area is 116 Å². The van der Waals surface area contributed by atoms with E-state index >= 15 is 0 Å². The molecule has 1 aromatic carbocycles. The summed E-state index contributed by atoms with van der Waals surface area (Å²) in [5, 5.41) is 0. The summed E-state index contributed by atoms with van der Waals surface area (Å²) in [7, 11) is 0. The number of ether oxygens (including phenoxy) is 1. The van der Waals surface area contributed by atoms with Crippen LogP contribution in [0.25, 0.3) is 0 Å². The van der Waals surface area contributed by atoms with E-state index in [2.05, 4.69) is 38.5 Å². The highest BCUT2D eigenvalue weighted by Gasteiger charge is 2.18. The number of benzene rings is 1. The predicted octanol–water partition coefficient (Wildman–Crippen LogP) is 3.93. The lowest BCUT2D eigenvalue weighted by atomic mass is 10.1. The number of rotatable bonds is 2. The molecule has 0 unspecified atom stereocenters. The summed E-state index contributed by atoms with van der Waals surface area (Å²) in [5.41, 5.74) is 0.697. The van der Waals surface area contributed by atoms with Gasteiger partial charge in [-0.15, -0.1) is 0 Å². The number of hydrogen-bond acceptors (Lipinski definition) is 2. The molecule has 16 heavy (non-hydrogen) atoms. The number of carbonyl (C=O) groups excluding carboxylic acids is 1. The standard InChI is InChI=1S/C12H10BrIO2/c13-8-4-5-10(14)9(7-8)12(15)11-3-1-2-6-16-11/h3-5,7H,1-2,6H2. The van der Waals surface area contributed by atoms with Gasteiger partial charge in [-0.05, 0) is 59.7 Å². The quantitative estimate of drug-likeness (QED) is 0.563. The van der Waals surface area contributed by atoms with Crippen LogP contribution in [-0.4, -0.2) is 12.4 Å². The molecule has 1 aliphatic rings. The van der Waals surface area contributed by atoms with Gasteiger partial charge >= 0.3 is 0 Å². The third-order valence-corrected chi connectivity index (χ3v) is 3.77. The van der Waals surface area contributed by atoms with E-state index in [0.717, 1.165) is 20.9 Å². The molecular weight excluding hydrogens is 383 g/mol. The van der Waals surface area contributed by atoms with Crippen molar-refractivity contribution in [1.82, 2.24) is 0 Å². The molecule has 0 N–H and O–H groups in total. The SMILES string of the molecule is O=C(C1=CCCCO1)c1cc(Br)ccc1I. The normalized spacial score (nSPS) is 15.2. The summed E-state index contributed by atoms with van der Waals surface area (Å²) in [4.78, 5) is 12.2. The van der Waals surface area contributed by atoms with Crippen molar-refractivity contribution in [2.45, 2.75) is 12.8 Å². The number of halogens is 2. The van der Waals surface area contributed by atoms with Crippen LogP contribution in [0.4, 0.5) is 0 Å². The van der Waals surface area contributed by atoms with Crippen molar-refractivity contribution >= 4 is 44.3 Å². The lowest BCUT2D eigenvalue weighted by molar-refractivity contribution is 0.0898. The molecule has 0 fully saturated rings. The average molecular weight is 393 g/mol. The third-order valence-electron chi connectivity index (χ3n) is 2.33. The summed E-state index contributed by atoms with van der Waals surface area (Å²) < 4.78 is 7.24. The summed E-state index contributed by atoms with van der Waals surface area (Å²) in [6.45, 7) is 0.641. The first-order chi connectivity index (χ1) is 7.68. The van der Waals surface area contributed by atoms with Gasteiger partial charge in [-0.2, -0.15) is 0 Å². The maximum atomic E-state index is 12.2. The lowest BCUT2D eigenvalue weighted by Gasteiger charge is -2.14. The van der Waals surface area contributed by atoms with E-state index in [-0.39, 0.29) is 5.78 Å². The Balaban J connectivity index is 2.33. The van der Waals surface area contributed by atoms with Crippen LogP contribution in [0, 0.1) is 3.57 Å². The van der Waals surface area contributed by atoms with Gasteiger partial charge in [-0.25, -0.2) is 0 Å². The fourth-order valence-electron chi connectivity index (χ4n) is 1.52. The van der Waals surface area contributed by atoms with Crippen LogP contribution in [0.5, 0.6) is 0 Å². The Hall–Kier alpha value is -0.360. The second kappa shape index (κ2) is 5.31. The van der Waals surface area contributed by atoms with E-state index in [4.69, 9.17) is 4.74 Å². The molecule has 0 spiro atoms. The zero-order valence-corrected chi connectivity index (χ0v) is 12.2.